The molecule has 1 aromatic carbocycles. The summed E-state index contributed by atoms with van der Waals surface area (Å²) in [6.07, 6.45) is 2.58. The van der Waals surface area contributed by atoms with Crippen LogP contribution in [0.15, 0.2) is 24.3 Å². The fraction of sp³-hybridized carbons (Fsp3) is 0.500. The van der Waals surface area contributed by atoms with E-state index in [0.29, 0.717) is 24.4 Å². The highest BCUT2D eigenvalue weighted by Crippen LogP contribution is 2.08. The van der Waals surface area contributed by atoms with Crippen molar-refractivity contribution >= 4 is 11.7 Å². The molecule has 3 nitrogen and oxygen atoms in total. The van der Waals surface area contributed by atoms with Gasteiger partial charge in [0.1, 0.15) is 0 Å². The van der Waals surface area contributed by atoms with E-state index in [4.69, 9.17) is 0 Å². The van der Waals surface area contributed by atoms with Crippen LogP contribution in [-0.2, 0) is 11.3 Å². The van der Waals surface area contributed by atoms with Gasteiger partial charge in [-0.3, -0.25) is 9.59 Å². The predicted octanol–water partition coefficient (Wildman–Crippen LogP) is 3.33. The average molecular weight is 261 g/mol. The maximum atomic E-state index is 11.6. The zero-order valence-electron chi connectivity index (χ0n) is 12.0. The molecule has 0 aliphatic carbocycles. The molecular weight excluding hydrogens is 238 g/mol. The highest BCUT2D eigenvalue weighted by molar-refractivity contribution is 5.94. The first-order valence-electron chi connectivity index (χ1n) is 6.85. The maximum Gasteiger partial charge on any atom is 0.220 e. The highest BCUT2D eigenvalue weighted by atomic mass is 16.1. The summed E-state index contributed by atoms with van der Waals surface area (Å²) in [5, 5.41) is 2.89. The third-order valence-electron chi connectivity index (χ3n) is 3.01. The number of nitrogens with one attached hydrogen (secondary N) is 1. The molecule has 0 aromatic heterocycles. The molecule has 1 amide bonds. The van der Waals surface area contributed by atoms with E-state index in [1.54, 1.807) is 13.0 Å². The fourth-order valence-electron chi connectivity index (χ4n) is 1.86. The Morgan fingerprint density at radius 2 is 2.00 bits per heavy atom. The minimum Gasteiger partial charge on any atom is -0.352 e. The van der Waals surface area contributed by atoms with Crippen LogP contribution in [0.25, 0.3) is 0 Å². The predicted molar refractivity (Wildman–Crippen MR) is 77.0 cm³/mol. The number of hydrogen-bond acceptors (Lipinski definition) is 2. The first kappa shape index (κ1) is 15.4. The third-order valence-corrected chi connectivity index (χ3v) is 3.01. The van der Waals surface area contributed by atoms with Crippen LogP contribution in [0.1, 0.15) is 56.0 Å². The molecule has 0 unspecified atom stereocenters. The van der Waals surface area contributed by atoms with E-state index in [1.807, 2.05) is 18.2 Å². The molecule has 0 saturated carbocycles. The quantitative estimate of drug-likeness (QED) is 0.765. The molecule has 0 bridgehead atoms. The van der Waals surface area contributed by atoms with Crippen molar-refractivity contribution in [2.45, 2.75) is 46.6 Å². The van der Waals surface area contributed by atoms with Crippen molar-refractivity contribution in [3.8, 4) is 0 Å². The summed E-state index contributed by atoms with van der Waals surface area (Å²) >= 11 is 0. The zero-order chi connectivity index (χ0) is 14.3. The zero-order valence-corrected chi connectivity index (χ0v) is 12.0. The van der Waals surface area contributed by atoms with Crippen LogP contribution in [0.5, 0.6) is 0 Å². The fourth-order valence-corrected chi connectivity index (χ4v) is 1.86. The molecule has 1 N–H and O–H groups in total. The molecule has 0 fully saturated rings. The Labute approximate surface area is 115 Å². The first-order chi connectivity index (χ1) is 8.99. The second-order valence-electron chi connectivity index (χ2n) is 5.32. The van der Waals surface area contributed by atoms with E-state index in [1.165, 1.54) is 0 Å². The molecule has 0 aliphatic heterocycles. The summed E-state index contributed by atoms with van der Waals surface area (Å²) in [6.45, 7) is 6.35. The van der Waals surface area contributed by atoms with Crippen LogP contribution >= 0.6 is 0 Å². The van der Waals surface area contributed by atoms with Crippen molar-refractivity contribution in [1.29, 1.82) is 0 Å². The average Bonchev–Trinajstić information content (AvgIpc) is 2.36. The highest BCUT2D eigenvalue weighted by Gasteiger charge is 2.04. The van der Waals surface area contributed by atoms with Crippen molar-refractivity contribution in [2.75, 3.05) is 0 Å². The van der Waals surface area contributed by atoms with Crippen LogP contribution in [-0.4, -0.2) is 11.7 Å². The number of hydrogen-bond donors (Lipinski definition) is 1. The summed E-state index contributed by atoms with van der Waals surface area (Å²) in [4.78, 5) is 22.9. The van der Waals surface area contributed by atoms with Gasteiger partial charge in [-0.15, -0.1) is 0 Å². The van der Waals surface area contributed by atoms with Gasteiger partial charge in [-0.1, -0.05) is 38.5 Å². The molecular formula is C16H23NO2. The Hall–Kier alpha value is -1.64. The summed E-state index contributed by atoms with van der Waals surface area (Å²) < 4.78 is 0. The Morgan fingerprint density at radius 1 is 1.26 bits per heavy atom. The number of ketones is 1. The van der Waals surface area contributed by atoms with E-state index < -0.39 is 0 Å². The van der Waals surface area contributed by atoms with Crippen LogP contribution in [0, 0.1) is 5.92 Å². The Morgan fingerprint density at radius 3 is 2.63 bits per heavy atom. The number of carbonyl (C=O) groups is 2. The molecule has 0 radical (unpaired) electrons. The monoisotopic (exact) mass is 261 g/mol. The van der Waals surface area contributed by atoms with Gasteiger partial charge < -0.3 is 5.32 Å². The topological polar surface area (TPSA) is 46.2 Å². The van der Waals surface area contributed by atoms with Crippen LogP contribution in [0.4, 0.5) is 0 Å². The first-order valence-corrected chi connectivity index (χ1v) is 6.85. The van der Waals surface area contributed by atoms with Gasteiger partial charge in [0, 0.05) is 18.5 Å². The number of benzene rings is 1. The molecule has 1 rings (SSSR count). The van der Waals surface area contributed by atoms with Crippen molar-refractivity contribution < 1.29 is 9.59 Å². The van der Waals surface area contributed by atoms with Crippen molar-refractivity contribution in [2.24, 2.45) is 5.92 Å². The third kappa shape index (κ3) is 6.18. The van der Waals surface area contributed by atoms with E-state index in [2.05, 4.69) is 19.2 Å². The van der Waals surface area contributed by atoms with Gasteiger partial charge >= 0.3 is 0 Å². The lowest BCUT2D eigenvalue weighted by atomic mass is 10.1. The van der Waals surface area contributed by atoms with Gasteiger partial charge in [-0.05, 0) is 30.9 Å². The molecule has 104 valence electrons. The lowest BCUT2D eigenvalue weighted by Crippen LogP contribution is -2.22. The van der Waals surface area contributed by atoms with Crippen LogP contribution < -0.4 is 5.32 Å². The van der Waals surface area contributed by atoms with Crippen molar-refractivity contribution in [3.63, 3.8) is 0 Å². The summed E-state index contributed by atoms with van der Waals surface area (Å²) in [5.74, 6) is 0.763. The SMILES string of the molecule is CC(=O)c1cccc(CNC(=O)CCCC(C)C)c1. The molecule has 0 aliphatic rings. The largest absolute Gasteiger partial charge is 0.352 e. The number of rotatable bonds is 7. The van der Waals surface area contributed by atoms with Crippen LogP contribution in [0.2, 0.25) is 0 Å². The molecule has 1 aromatic rings. The Bertz CT molecular complexity index is 438. The minimum atomic E-state index is 0.0464. The summed E-state index contributed by atoms with van der Waals surface area (Å²) in [6, 6.07) is 7.38. The van der Waals surface area contributed by atoms with Gasteiger partial charge in [0.2, 0.25) is 5.91 Å². The Kier molecular flexibility index (Phi) is 6.26. The lowest BCUT2D eigenvalue weighted by molar-refractivity contribution is -0.121. The molecule has 3 heteroatoms. The molecule has 0 spiro atoms. The van der Waals surface area contributed by atoms with Gasteiger partial charge in [0.15, 0.2) is 5.78 Å². The van der Waals surface area contributed by atoms with E-state index >= 15 is 0 Å². The van der Waals surface area contributed by atoms with E-state index in [9.17, 15) is 9.59 Å². The second kappa shape index (κ2) is 7.72. The van der Waals surface area contributed by atoms with E-state index in [-0.39, 0.29) is 11.7 Å². The number of carbonyl (C=O) groups excluding carboxylic acids is 2. The second-order valence-corrected chi connectivity index (χ2v) is 5.32. The summed E-state index contributed by atoms with van der Waals surface area (Å²) in [5.41, 5.74) is 1.65. The van der Waals surface area contributed by atoms with Crippen molar-refractivity contribution in [1.82, 2.24) is 5.32 Å². The molecule has 19 heavy (non-hydrogen) atoms. The normalized spacial score (nSPS) is 10.5. The van der Waals surface area contributed by atoms with E-state index in [0.717, 1.165) is 18.4 Å². The molecule has 0 atom stereocenters. The van der Waals surface area contributed by atoms with Gasteiger partial charge in [-0.2, -0.15) is 0 Å². The molecule has 0 saturated heterocycles. The lowest BCUT2D eigenvalue weighted by Gasteiger charge is -2.07. The van der Waals surface area contributed by atoms with Gasteiger partial charge in [0.25, 0.3) is 0 Å². The summed E-state index contributed by atoms with van der Waals surface area (Å²) in [7, 11) is 0. The van der Waals surface area contributed by atoms with Crippen LogP contribution in [0.3, 0.4) is 0 Å². The van der Waals surface area contributed by atoms with Gasteiger partial charge in [-0.25, -0.2) is 0 Å². The number of amides is 1. The maximum absolute atomic E-state index is 11.6. The smallest absolute Gasteiger partial charge is 0.220 e. The number of Topliss-reactive ketones (excluding diaryl/α,β-unsaturated/α-hetero) is 1. The van der Waals surface area contributed by atoms with Gasteiger partial charge in [0.05, 0.1) is 0 Å². The Balaban J connectivity index is 2.37. The molecule has 0 heterocycles. The van der Waals surface area contributed by atoms with Crippen molar-refractivity contribution in [3.05, 3.63) is 35.4 Å². The standard InChI is InChI=1S/C16H23NO2/c1-12(2)6-4-9-16(19)17-11-14-7-5-8-15(10-14)13(3)18/h5,7-8,10,12H,4,6,9,11H2,1-3H3,(H,17,19). The minimum absolute atomic E-state index is 0.0464.